The Hall–Kier alpha value is -3.56. The van der Waals surface area contributed by atoms with Crippen molar-refractivity contribution < 1.29 is 48.3 Å². The second-order valence-corrected chi connectivity index (χ2v) is 16.3. The van der Waals surface area contributed by atoms with Crippen molar-refractivity contribution in [2.75, 3.05) is 14.2 Å². The number of ether oxygens (including phenoxy) is 4. The SMILES string of the molecule is COc1c(OC(=O)C(C)(C)CC(C)(C)C(=O)O)c(C)c(C(C)(C)/C=C(\C)CC(C)C)c(OC(=O)C(C)(C)CC(C)(C)C(=O)O)c1OC. The van der Waals surface area contributed by atoms with Gasteiger partial charge in [-0.15, -0.1) is 0 Å². The van der Waals surface area contributed by atoms with Crippen molar-refractivity contribution in [3.05, 3.63) is 22.8 Å². The Kier molecular flexibility index (Phi) is 13.0. The molecule has 1 aromatic carbocycles. The first-order chi connectivity index (χ1) is 21.1. The van der Waals surface area contributed by atoms with Crippen molar-refractivity contribution in [3.8, 4) is 23.0 Å². The number of methoxy groups -OCH3 is 2. The van der Waals surface area contributed by atoms with E-state index in [2.05, 4.69) is 19.9 Å². The molecule has 0 aliphatic carbocycles. The number of rotatable bonds is 16. The highest BCUT2D eigenvalue weighted by molar-refractivity contribution is 5.85. The van der Waals surface area contributed by atoms with Crippen LogP contribution >= 0.6 is 0 Å². The van der Waals surface area contributed by atoms with Crippen molar-refractivity contribution in [1.29, 1.82) is 0 Å². The zero-order chi connectivity index (χ0) is 37.1. The summed E-state index contributed by atoms with van der Waals surface area (Å²) in [6, 6.07) is 0. The predicted octanol–water partition coefficient (Wildman–Crippen LogP) is 8.15. The van der Waals surface area contributed by atoms with E-state index in [1.54, 1.807) is 62.3 Å². The molecule has 0 bridgehead atoms. The van der Waals surface area contributed by atoms with Gasteiger partial charge in [0.15, 0.2) is 11.5 Å². The molecule has 0 aliphatic rings. The summed E-state index contributed by atoms with van der Waals surface area (Å²) >= 11 is 0. The van der Waals surface area contributed by atoms with Gasteiger partial charge in [0, 0.05) is 16.5 Å². The minimum atomic E-state index is -1.22. The van der Waals surface area contributed by atoms with Crippen LogP contribution in [0.15, 0.2) is 11.6 Å². The van der Waals surface area contributed by atoms with Gasteiger partial charge in [-0.2, -0.15) is 0 Å². The highest BCUT2D eigenvalue weighted by atomic mass is 16.6. The molecule has 0 atom stereocenters. The van der Waals surface area contributed by atoms with Crippen LogP contribution in [-0.4, -0.2) is 48.3 Å². The van der Waals surface area contributed by atoms with Crippen molar-refractivity contribution in [2.45, 2.75) is 122 Å². The van der Waals surface area contributed by atoms with Gasteiger partial charge in [0.1, 0.15) is 0 Å². The maximum Gasteiger partial charge on any atom is 0.317 e. The maximum atomic E-state index is 13.9. The van der Waals surface area contributed by atoms with Gasteiger partial charge in [0.05, 0.1) is 35.9 Å². The number of esters is 2. The molecule has 2 N–H and O–H groups in total. The number of allylic oxidation sites excluding steroid dienone is 2. The highest BCUT2D eigenvalue weighted by Gasteiger charge is 2.44. The second-order valence-electron chi connectivity index (χ2n) is 16.3. The summed E-state index contributed by atoms with van der Waals surface area (Å²) < 4.78 is 23.8. The standard InChI is InChI=1S/C37H58O10/c1-21(2)17-22(3)18-33(5,6)24-23(4)25(46-31(42)36(11,12)19-34(7,8)29(38)39)27(44-15)28(45-16)26(24)47-32(43)37(13,14)20-35(9,10)30(40)41/h18,21H,17,19-20H2,1-16H3,(H,38,39)(H,40,41)/b22-18+. The van der Waals surface area contributed by atoms with Gasteiger partial charge in [0.25, 0.3) is 0 Å². The smallest absolute Gasteiger partial charge is 0.317 e. The quantitative estimate of drug-likeness (QED) is 0.101. The van der Waals surface area contributed by atoms with Crippen LogP contribution < -0.4 is 18.9 Å². The molecule has 10 nitrogen and oxygen atoms in total. The molecule has 0 amide bonds. The van der Waals surface area contributed by atoms with E-state index in [4.69, 9.17) is 18.9 Å². The first-order valence-electron chi connectivity index (χ1n) is 16.0. The fraction of sp³-hybridized carbons (Fsp3) is 0.676. The molecule has 0 fully saturated rings. The number of carboxylic acid groups (broad SMARTS) is 2. The van der Waals surface area contributed by atoms with Gasteiger partial charge in [-0.3, -0.25) is 19.2 Å². The fourth-order valence-corrected chi connectivity index (χ4v) is 6.50. The van der Waals surface area contributed by atoms with E-state index in [-0.39, 0.29) is 35.8 Å². The van der Waals surface area contributed by atoms with Gasteiger partial charge in [-0.05, 0) is 94.4 Å². The van der Waals surface area contributed by atoms with Crippen molar-refractivity contribution >= 4 is 23.9 Å². The van der Waals surface area contributed by atoms with Gasteiger partial charge in [-0.25, -0.2) is 0 Å². The third-order valence-electron chi connectivity index (χ3n) is 8.37. The van der Waals surface area contributed by atoms with Gasteiger partial charge >= 0.3 is 23.9 Å². The Labute approximate surface area is 281 Å². The number of carbonyl (C=O) groups excluding carboxylic acids is 2. The molecule has 266 valence electrons. The molecule has 0 saturated carbocycles. The molecule has 47 heavy (non-hydrogen) atoms. The number of carboxylic acids is 2. The van der Waals surface area contributed by atoms with Crippen LogP contribution in [0.2, 0.25) is 0 Å². The highest BCUT2D eigenvalue weighted by Crippen LogP contribution is 2.54. The molecular weight excluding hydrogens is 604 g/mol. The zero-order valence-corrected chi connectivity index (χ0v) is 31.4. The number of aliphatic carboxylic acids is 2. The minimum Gasteiger partial charge on any atom is -0.490 e. The van der Waals surface area contributed by atoms with E-state index in [0.29, 0.717) is 17.0 Å². The lowest BCUT2D eigenvalue weighted by Crippen LogP contribution is -2.38. The monoisotopic (exact) mass is 662 g/mol. The summed E-state index contributed by atoms with van der Waals surface area (Å²) in [7, 11) is 2.75. The van der Waals surface area contributed by atoms with E-state index < -0.39 is 51.0 Å². The van der Waals surface area contributed by atoms with E-state index in [0.717, 1.165) is 12.0 Å². The summed E-state index contributed by atoms with van der Waals surface area (Å²) in [4.78, 5) is 51.4. The number of hydrogen-bond donors (Lipinski definition) is 2. The van der Waals surface area contributed by atoms with Crippen LogP contribution in [0.5, 0.6) is 23.0 Å². The summed E-state index contributed by atoms with van der Waals surface area (Å²) in [5.41, 5.74) is -3.58. The van der Waals surface area contributed by atoms with Crippen molar-refractivity contribution in [2.24, 2.45) is 27.6 Å². The van der Waals surface area contributed by atoms with Crippen LogP contribution in [0.4, 0.5) is 0 Å². The lowest BCUT2D eigenvalue weighted by molar-refractivity contribution is -0.154. The van der Waals surface area contributed by atoms with Crippen molar-refractivity contribution in [3.63, 3.8) is 0 Å². The molecule has 1 rings (SSSR count). The molecule has 0 spiro atoms. The van der Waals surface area contributed by atoms with Gasteiger partial charge < -0.3 is 29.2 Å². The molecular formula is C37H58O10. The van der Waals surface area contributed by atoms with E-state index in [1.165, 1.54) is 14.2 Å². The molecule has 0 radical (unpaired) electrons. The molecule has 0 unspecified atom stereocenters. The van der Waals surface area contributed by atoms with Gasteiger partial charge in [-0.1, -0.05) is 39.3 Å². The molecule has 0 saturated heterocycles. The average molecular weight is 663 g/mol. The molecule has 1 aromatic rings. The van der Waals surface area contributed by atoms with Crippen LogP contribution in [-0.2, 0) is 24.6 Å². The summed E-state index contributed by atoms with van der Waals surface area (Å²) in [5.74, 6) is -2.88. The number of benzene rings is 1. The maximum absolute atomic E-state index is 13.9. The van der Waals surface area contributed by atoms with Crippen LogP contribution in [0, 0.1) is 34.5 Å². The molecule has 10 heteroatoms. The van der Waals surface area contributed by atoms with Crippen molar-refractivity contribution in [1.82, 2.24) is 0 Å². The molecule has 0 aliphatic heterocycles. The normalized spacial score (nSPS) is 13.3. The molecule has 0 aromatic heterocycles. The summed E-state index contributed by atoms with van der Waals surface area (Å²) in [6.07, 6.45) is 2.88. The largest absolute Gasteiger partial charge is 0.490 e. The Morgan fingerprint density at radius 2 is 1.02 bits per heavy atom. The third kappa shape index (κ3) is 9.97. The summed E-state index contributed by atoms with van der Waals surface area (Å²) in [5, 5.41) is 19.5. The number of hydrogen-bond acceptors (Lipinski definition) is 8. The van der Waals surface area contributed by atoms with Crippen LogP contribution in [0.3, 0.4) is 0 Å². The second kappa shape index (κ2) is 14.7. The Morgan fingerprint density at radius 1 is 0.660 bits per heavy atom. The van der Waals surface area contributed by atoms with E-state index in [9.17, 15) is 29.4 Å². The lowest BCUT2D eigenvalue weighted by Gasteiger charge is -2.34. The van der Waals surface area contributed by atoms with Crippen LogP contribution in [0.25, 0.3) is 0 Å². The fourth-order valence-electron chi connectivity index (χ4n) is 6.50. The number of carbonyl (C=O) groups is 4. The average Bonchev–Trinajstić information content (AvgIpc) is 2.87. The predicted molar refractivity (Wildman–Crippen MR) is 181 cm³/mol. The Morgan fingerprint density at radius 3 is 1.36 bits per heavy atom. The van der Waals surface area contributed by atoms with E-state index in [1.807, 2.05) is 20.8 Å². The van der Waals surface area contributed by atoms with E-state index >= 15 is 0 Å². The Balaban J connectivity index is 4.11. The van der Waals surface area contributed by atoms with Crippen LogP contribution in [0.1, 0.15) is 120 Å². The summed E-state index contributed by atoms with van der Waals surface area (Å²) in [6.45, 7) is 24.6. The minimum absolute atomic E-state index is 0.000377. The lowest BCUT2D eigenvalue weighted by atomic mass is 9.75. The topological polar surface area (TPSA) is 146 Å². The first-order valence-corrected chi connectivity index (χ1v) is 16.0. The zero-order valence-electron chi connectivity index (χ0n) is 31.4. The van der Waals surface area contributed by atoms with Gasteiger partial charge in [0.2, 0.25) is 11.5 Å². The first kappa shape index (κ1) is 41.5. The third-order valence-corrected chi connectivity index (χ3v) is 8.37. The Bertz CT molecular complexity index is 1390. The molecule has 0 heterocycles.